The molecule has 0 bridgehead atoms. The van der Waals surface area contributed by atoms with E-state index in [4.69, 9.17) is 0 Å². The molecule has 2 nitrogen and oxygen atoms in total. The Morgan fingerprint density at radius 3 is 2.57 bits per heavy atom. The fourth-order valence-corrected chi connectivity index (χ4v) is 2.61. The summed E-state index contributed by atoms with van der Waals surface area (Å²) in [6, 6.07) is 4.50. The predicted molar refractivity (Wildman–Crippen MR) is 71.6 cm³/mol. The van der Waals surface area contributed by atoms with E-state index in [-0.39, 0.29) is 6.54 Å². The van der Waals surface area contributed by atoms with Gasteiger partial charge in [-0.15, -0.1) is 11.3 Å². The van der Waals surface area contributed by atoms with Crippen LogP contribution in [0.1, 0.15) is 26.4 Å². The lowest BCUT2D eigenvalue weighted by molar-refractivity contribution is -0.140. The Kier molecular flexibility index (Phi) is 4.32. The van der Waals surface area contributed by atoms with Gasteiger partial charge >= 0.3 is 6.18 Å². The zero-order valence-corrected chi connectivity index (χ0v) is 11.7. The van der Waals surface area contributed by atoms with Gasteiger partial charge in [-0.25, -0.2) is 4.39 Å². The van der Waals surface area contributed by atoms with E-state index >= 15 is 0 Å². The smallest absolute Gasteiger partial charge is 0.347 e. The van der Waals surface area contributed by atoms with Crippen molar-refractivity contribution in [2.24, 2.45) is 0 Å². The molecule has 1 aromatic carbocycles. The van der Waals surface area contributed by atoms with Crippen LogP contribution < -0.4 is 5.32 Å². The van der Waals surface area contributed by atoms with Gasteiger partial charge in [0.1, 0.15) is 5.82 Å². The second kappa shape index (κ2) is 5.85. The number of carbonyl (C=O) groups excluding carboxylic acids is 1. The van der Waals surface area contributed by atoms with Gasteiger partial charge in [0.25, 0.3) is 5.91 Å². The molecule has 21 heavy (non-hydrogen) atoms. The van der Waals surface area contributed by atoms with Crippen LogP contribution in [0.3, 0.4) is 0 Å². The highest BCUT2D eigenvalue weighted by molar-refractivity contribution is 7.10. The SMILES string of the molecule is Cc1ccsc1CNC(=O)c1cccc(C(F)(F)F)c1F. The van der Waals surface area contributed by atoms with Gasteiger partial charge in [-0.3, -0.25) is 4.79 Å². The molecular formula is C14H11F4NOS. The molecule has 2 rings (SSSR count). The number of hydrogen-bond acceptors (Lipinski definition) is 2. The fraction of sp³-hybridized carbons (Fsp3) is 0.214. The van der Waals surface area contributed by atoms with Gasteiger partial charge in [0.15, 0.2) is 0 Å². The van der Waals surface area contributed by atoms with Crippen LogP contribution in [0.15, 0.2) is 29.6 Å². The molecule has 2 aromatic rings. The predicted octanol–water partition coefficient (Wildman–Crippen LogP) is 4.14. The number of aryl methyl sites for hydroxylation is 1. The van der Waals surface area contributed by atoms with E-state index in [1.165, 1.54) is 11.3 Å². The Balaban J connectivity index is 2.18. The molecule has 0 fully saturated rings. The Hall–Kier alpha value is -1.89. The second-order valence-electron chi connectivity index (χ2n) is 4.37. The maximum Gasteiger partial charge on any atom is 0.419 e. The largest absolute Gasteiger partial charge is 0.419 e. The number of carbonyl (C=O) groups is 1. The normalized spacial score (nSPS) is 11.5. The van der Waals surface area contributed by atoms with Gasteiger partial charge in [0, 0.05) is 4.88 Å². The monoisotopic (exact) mass is 317 g/mol. The average Bonchev–Trinajstić information content (AvgIpc) is 2.80. The zero-order valence-electron chi connectivity index (χ0n) is 10.9. The fourth-order valence-electron chi connectivity index (χ4n) is 1.77. The third kappa shape index (κ3) is 3.41. The number of rotatable bonds is 3. The number of thiophene rings is 1. The van der Waals surface area contributed by atoms with Crippen molar-refractivity contribution in [3.8, 4) is 0 Å². The second-order valence-corrected chi connectivity index (χ2v) is 5.38. The molecule has 0 aliphatic rings. The van der Waals surface area contributed by atoms with Gasteiger partial charge in [-0.1, -0.05) is 6.07 Å². The van der Waals surface area contributed by atoms with Crippen LogP contribution in [0.5, 0.6) is 0 Å². The lowest BCUT2D eigenvalue weighted by atomic mass is 10.1. The topological polar surface area (TPSA) is 29.1 Å². The van der Waals surface area contributed by atoms with E-state index in [0.717, 1.165) is 22.6 Å². The molecule has 0 spiro atoms. The quantitative estimate of drug-likeness (QED) is 0.847. The third-order valence-corrected chi connectivity index (χ3v) is 3.95. The van der Waals surface area contributed by atoms with E-state index in [0.29, 0.717) is 6.07 Å². The van der Waals surface area contributed by atoms with Crippen molar-refractivity contribution in [2.75, 3.05) is 0 Å². The van der Waals surface area contributed by atoms with E-state index in [1.807, 2.05) is 18.4 Å². The molecule has 112 valence electrons. The van der Waals surface area contributed by atoms with Crippen molar-refractivity contribution in [3.63, 3.8) is 0 Å². The Morgan fingerprint density at radius 2 is 2.00 bits per heavy atom. The highest BCUT2D eigenvalue weighted by Crippen LogP contribution is 2.32. The van der Waals surface area contributed by atoms with Crippen LogP contribution in [-0.4, -0.2) is 5.91 Å². The molecule has 1 N–H and O–H groups in total. The summed E-state index contributed by atoms with van der Waals surface area (Å²) in [7, 11) is 0. The van der Waals surface area contributed by atoms with Crippen molar-refractivity contribution in [2.45, 2.75) is 19.6 Å². The minimum atomic E-state index is -4.83. The number of nitrogens with one attached hydrogen (secondary N) is 1. The van der Waals surface area contributed by atoms with Crippen LogP contribution in [0.2, 0.25) is 0 Å². The first kappa shape index (κ1) is 15.5. The standard InChI is InChI=1S/C14H11F4NOS/c1-8-5-6-21-11(8)7-19-13(20)9-3-2-4-10(12(9)15)14(16,17)18/h2-6H,7H2,1H3,(H,19,20). The summed E-state index contributed by atoms with van der Waals surface area (Å²) in [6.07, 6.45) is -4.83. The van der Waals surface area contributed by atoms with Crippen LogP contribution in [0.25, 0.3) is 0 Å². The lowest BCUT2D eigenvalue weighted by Crippen LogP contribution is -2.25. The number of hydrogen-bond donors (Lipinski definition) is 1. The number of alkyl halides is 3. The first-order chi connectivity index (χ1) is 9.80. The molecule has 0 saturated heterocycles. The molecule has 7 heteroatoms. The Labute approximate surface area is 122 Å². The molecule has 0 saturated carbocycles. The van der Waals surface area contributed by atoms with Crippen molar-refractivity contribution in [3.05, 3.63) is 57.0 Å². The number of halogens is 4. The van der Waals surface area contributed by atoms with Crippen molar-refractivity contribution in [1.82, 2.24) is 5.32 Å². The molecule has 0 unspecified atom stereocenters. The van der Waals surface area contributed by atoms with Crippen LogP contribution in [0, 0.1) is 12.7 Å². The van der Waals surface area contributed by atoms with E-state index in [2.05, 4.69) is 5.32 Å². The minimum Gasteiger partial charge on any atom is -0.347 e. The number of amides is 1. The van der Waals surface area contributed by atoms with E-state index in [1.54, 1.807) is 0 Å². The Morgan fingerprint density at radius 1 is 1.29 bits per heavy atom. The summed E-state index contributed by atoms with van der Waals surface area (Å²) in [5.74, 6) is -2.42. The summed E-state index contributed by atoms with van der Waals surface area (Å²) >= 11 is 1.41. The maximum absolute atomic E-state index is 13.8. The first-order valence-corrected chi connectivity index (χ1v) is 6.85. The van der Waals surface area contributed by atoms with Crippen LogP contribution in [0.4, 0.5) is 17.6 Å². The molecule has 0 atom stereocenters. The van der Waals surface area contributed by atoms with Crippen molar-refractivity contribution >= 4 is 17.2 Å². The van der Waals surface area contributed by atoms with Gasteiger partial charge in [0.05, 0.1) is 17.7 Å². The highest BCUT2D eigenvalue weighted by atomic mass is 32.1. The van der Waals surface area contributed by atoms with Gasteiger partial charge in [-0.05, 0) is 36.1 Å². The molecule has 1 aromatic heterocycles. The summed E-state index contributed by atoms with van der Waals surface area (Å²) in [5.41, 5.74) is -1.09. The minimum absolute atomic E-state index is 0.151. The number of benzene rings is 1. The summed E-state index contributed by atoms with van der Waals surface area (Å²) < 4.78 is 51.5. The molecule has 1 heterocycles. The first-order valence-electron chi connectivity index (χ1n) is 5.97. The highest BCUT2D eigenvalue weighted by Gasteiger charge is 2.35. The Bertz CT molecular complexity index is 663. The zero-order chi connectivity index (χ0) is 15.6. The molecule has 1 amide bonds. The van der Waals surface area contributed by atoms with Gasteiger partial charge < -0.3 is 5.32 Å². The van der Waals surface area contributed by atoms with Gasteiger partial charge in [0.2, 0.25) is 0 Å². The third-order valence-electron chi connectivity index (χ3n) is 2.93. The maximum atomic E-state index is 13.8. The van der Waals surface area contributed by atoms with E-state index < -0.39 is 29.0 Å². The summed E-state index contributed by atoms with van der Waals surface area (Å²) in [4.78, 5) is 12.7. The molecule has 0 radical (unpaired) electrons. The van der Waals surface area contributed by atoms with Crippen molar-refractivity contribution in [1.29, 1.82) is 0 Å². The van der Waals surface area contributed by atoms with Gasteiger partial charge in [-0.2, -0.15) is 13.2 Å². The van der Waals surface area contributed by atoms with Crippen molar-refractivity contribution < 1.29 is 22.4 Å². The lowest BCUT2D eigenvalue weighted by Gasteiger charge is -2.11. The van der Waals surface area contributed by atoms with Crippen LogP contribution >= 0.6 is 11.3 Å². The molecule has 0 aliphatic carbocycles. The molecule has 0 aliphatic heterocycles. The van der Waals surface area contributed by atoms with Crippen LogP contribution in [-0.2, 0) is 12.7 Å². The summed E-state index contributed by atoms with van der Waals surface area (Å²) in [6.45, 7) is 2.00. The molecular weight excluding hydrogens is 306 g/mol. The average molecular weight is 317 g/mol. The van der Waals surface area contributed by atoms with E-state index in [9.17, 15) is 22.4 Å². The summed E-state index contributed by atoms with van der Waals surface area (Å²) in [5, 5.41) is 4.26.